The lowest BCUT2D eigenvalue weighted by Crippen LogP contribution is -2.63. The van der Waals surface area contributed by atoms with Crippen molar-refractivity contribution in [3.05, 3.63) is 35.4 Å². The van der Waals surface area contributed by atoms with Crippen LogP contribution in [0, 0.1) is 0 Å². The Morgan fingerprint density at radius 3 is 2.76 bits per heavy atom. The molecule has 3 aliphatic rings. The number of rotatable bonds is 3. The van der Waals surface area contributed by atoms with Gasteiger partial charge in [-0.05, 0) is 36.3 Å². The average molecular weight is 285 g/mol. The largest absolute Gasteiger partial charge is 0.314 e. The summed E-state index contributed by atoms with van der Waals surface area (Å²) in [6.45, 7) is 8.69. The summed E-state index contributed by atoms with van der Waals surface area (Å²) >= 11 is 0. The van der Waals surface area contributed by atoms with Crippen molar-refractivity contribution in [1.29, 1.82) is 0 Å². The smallest absolute Gasteiger partial charge is 0.0351 e. The quantitative estimate of drug-likeness (QED) is 0.912. The monoisotopic (exact) mass is 285 g/mol. The summed E-state index contributed by atoms with van der Waals surface area (Å²) in [6.07, 6.45) is 4.04. The summed E-state index contributed by atoms with van der Waals surface area (Å²) in [5.74, 6) is 0.777. The molecule has 0 spiro atoms. The third kappa shape index (κ3) is 2.87. The van der Waals surface area contributed by atoms with Crippen molar-refractivity contribution in [2.24, 2.45) is 0 Å². The van der Waals surface area contributed by atoms with Crippen LogP contribution >= 0.6 is 0 Å². The second-order valence-electron chi connectivity index (χ2n) is 6.95. The highest BCUT2D eigenvalue weighted by Gasteiger charge is 2.34. The van der Waals surface area contributed by atoms with E-state index in [9.17, 15) is 0 Å². The van der Waals surface area contributed by atoms with Crippen molar-refractivity contribution < 1.29 is 0 Å². The normalized spacial score (nSPS) is 28.1. The average Bonchev–Trinajstić information content (AvgIpc) is 2.51. The lowest BCUT2D eigenvalue weighted by Gasteiger charge is -2.48. The van der Waals surface area contributed by atoms with Crippen LogP contribution in [0.5, 0.6) is 0 Å². The minimum Gasteiger partial charge on any atom is -0.314 e. The first-order chi connectivity index (χ1) is 10.4. The van der Waals surface area contributed by atoms with E-state index in [1.54, 1.807) is 11.1 Å². The summed E-state index contributed by atoms with van der Waals surface area (Å²) in [6, 6.07) is 9.95. The molecule has 3 nitrogen and oxygen atoms in total. The van der Waals surface area contributed by atoms with Gasteiger partial charge in [0.1, 0.15) is 0 Å². The fourth-order valence-corrected chi connectivity index (χ4v) is 4.33. The molecule has 1 aliphatic carbocycles. The Bertz CT molecular complexity index is 475. The van der Waals surface area contributed by atoms with Gasteiger partial charge in [-0.15, -0.1) is 0 Å². The molecular formula is C18H27N3. The number of fused-ring (bicyclic) bond motifs is 1. The van der Waals surface area contributed by atoms with Crippen LogP contribution in [-0.4, -0.2) is 61.7 Å². The lowest BCUT2D eigenvalue weighted by molar-refractivity contribution is 0.0226. The van der Waals surface area contributed by atoms with E-state index < -0.39 is 0 Å². The molecule has 1 aromatic rings. The second kappa shape index (κ2) is 6.07. The number of benzene rings is 1. The Labute approximate surface area is 128 Å². The van der Waals surface area contributed by atoms with E-state index in [1.165, 1.54) is 65.1 Å². The van der Waals surface area contributed by atoms with E-state index >= 15 is 0 Å². The van der Waals surface area contributed by atoms with Crippen molar-refractivity contribution in [3.63, 3.8) is 0 Å². The number of hydrogen-bond acceptors (Lipinski definition) is 3. The molecule has 0 bridgehead atoms. The van der Waals surface area contributed by atoms with Crippen LogP contribution < -0.4 is 5.32 Å². The molecule has 0 saturated carbocycles. The lowest BCUT2D eigenvalue weighted by atomic mass is 9.82. The molecule has 2 aliphatic heterocycles. The van der Waals surface area contributed by atoms with Gasteiger partial charge in [0.2, 0.25) is 0 Å². The third-order valence-electron chi connectivity index (χ3n) is 5.58. The Balaban J connectivity index is 1.32. The molecule has 114 valence electrons. The van der Waals surface area contributed by atoms with Crippen molar-refractivity contribution in [2.45, 2.75) is 31.2 Å². The Kier molecular flexibility index (Phi) is 3.97. The van der Waals surface area contributed by atoms with E-state index in [4.69, 9.17) is 0 Å². The number of aryl methyl sites for hydroxylation is 1. The van der Waals surface area contributed by atoms with Gasteiger partial charge in [-0.2, -0.15) is 0 Å². The molecule has 3 heteroatoms. The number of nitrogens with one attached hydrogen (secondary N) is 1. The topological polar surface area (TPSA) is 18.5 Å². The first kappa shape index (κ1) is 13.7. The minimum absolute atomic E-state index is 0.777. The molecule has 1 N–H and O–H groups in total. The summed E-state index contributed by atoms with van der Waals surface area (Å²) in [4.78, 5) is 5.36. The molecule has 1 aromatic carbocycles. The molecule has 1 unspecified atom stereocenters. The van der Waals surface area contributed by atoms with Gasteiger partial charge < -0.3 is 5.32 Å². The van der Waals surface area contributed by atoms with Crippen molar-refractivity contribution >= 4 is 0 Å². The molecule has 2 fully saturated rings. The zero-order valence-electron chi connectivity index (χ0n) is 12.9. The zero-order chi connectivity index (χ0) is 14.1. The molecule has 4 rings (SSSR count). The third-order valence-corrected chi connectivity index (χ3v) is 5.58. The maximum Gasteiger partial charge on any atom is 0.0351 e. The summed E-state index contributed by atoms with van der Waals surface area (Å²) in [7, 11) is 0. The van der Waals surface area contributed by atoms with Crippen LogP contribution in [0.2, 0.25) is 0 Å². The van der Waals surface area contributed by atoms with Gasteiger partial charge >= 0.3 is 0 Å². The number of nitrogens with zero attached hydrogens (tertiary/aromatic N) is 2. The highest BCUT2D eigenvalue weighted by molar-refractivity contribution is 5.32. The Morgan fingerprint density at radius 1 is 1.10 bits per heavy atom. The first-order valence-corrected chi connectivity index (χ1v) is 8.65. The molecule has 2 heterocycles. The van der Waals surface area contributed by atoms with Gasteiger partial charge in [0.15, 0.2) is 0 Å². The van der Waals surface area contributed by atoms with Gasteiger partial charge in [-0.1, -0.05) is 24.3 Å². The van der Waals surface area contributed by atoms with Gasteiger partial charge in [-0.3, -0.25) is 9.80 Å². The first-order valence-electron chi connectivity index (χ1n) is 8.65. The highest BCUT2D eigenvalue weighted by atomic mass is 15.3. The molecule has 1 atom stereocenters. The SMILES string of the molecule is c1ccc2c(c1)CCCC2CN1CC(N2CCNCC2)C1. The Morgan fingerprint density at radius 2 is 1.90 bits per heavy atom. The van der Waals surface area contributed by atoms with E-state index in [0.717, 1.165) is 12.0 Å². The summed E-state index contributed by atoms with van der Waals surface area (Å²) < 4.78 is 0. The van der Waals surface area contributed by atoms with Crippen LogP contribution in [0.1, 0.15) is 29.9 Å². The van der Waals surface area contributed by atoms with E-state index in [-0.39, 0.29) is 0 Å². The predicted molar refractivity (Wildman–Crippen MR) is 86.8 cm³/mol. The van der Waals surface area contributed by atoms with Gasteiger partial charge in [0, 0.05) is 51.9 Å². The van der Waals surface area contributed by atoms with Crippen molar-refractivity contribution in [3.8, 4) is 0 Å². The van der Waals surface area contributed by atoms with Crippen molar-refractivity contribution in [1.82, 2.24) is 15.1 Å². The zero-order valence-corrected chi connectivity index (χ0v) is 12.9. The van der Waals surface area contributed by atoms with E-state index in [0.29, 0.717) is 0 Å². The van der Waals surface area contributed by atoms with Gasteiger partial charge in [0.25, 0.3) is 0 Å². The van der Waals surface area contributed by atoms with E-state index in [2.05, 4.69) is 39.4 Å². The summed E-state index contributed by atoms with van der Waals surface area (Å²) in [5.41, 5.74) is 3.24. The second-order valence-corrected chi connectivity index (χ2v) is 6.95. The molecular weight excluding hydrogens is 258 g/mol. The molecule has 0 aromatic heterocycles. The Hall–Kier alpha value is -0.900. The molecule has 0 amide bonds. The summed E-state index contributed by atoms with van der Waals surface area (Å²) in [5, 5.41) is 3.45. The number of likely N-dealkylation sites (tertiary alicyclic amines) is 1. The maximum atomic E-state index is 3.45. The van der Waals surface area contributed by atoms with Gasteiger partial charge in [-0.25, -0.2) is 0 Å². The molecule has 21 heavy (non-hydrogen) atoms. The van der Waals surface area contributed by atoms with Crippen LogP contribution in [0.15, 0.2) is 24.3 Å². The predicted octanol–water partition coefficient (Wildman–Crippen LogP) is 1.70. The fraction of sp³-hybridized carbons (Fsp3) is 0.667. The molecule has 0 radical (unpaired) electrons. The van der Waals surface area contributed by atoms with Crippen LogP contribution in [0.25, 0.3) is 0 Å². The maximum absolute atomic E-state index is 3.45. The van der Waals surface area contributed by atoms with E-state index in [1.807, 2.05) is 0 Å². The fourth-order valence-electron chi connectivity index (χ4n) is 4.33. The number of piperazine rings is 1. The minimum atomic E-state index is 0.777. The van der Waals surface area contributed by atoms with Gasteiger partial charge in [0.05, 0.1) is 0 Å². The van der Waals surface area contributed by atoms with Crippen LogP contribution in [0.4, 0.5) is 0 Å². The van der Waals surface area contributed by atoms with Crippen LogP contribution in [-0.2, 0) is 6.42 Å². The number of hydrogen-bond donors (Lipinski definition) is 1. The van der Waals surface area contributed by atoms with Crippen molar-refractivity contribution in [2.75, 3.05) is 45.8 Å². The van der Waals surface area contributed by atoms with Crippen LogP contribution in [0.3, 0.4) is 0 Å². The highest BCUT2D eigenvalue weighted by Crippen LogP contribution is 2.33. The standard InChI is InChI=1S/C18H27N3/c1-2-7-18-15(4-1)5-3-6-16(18)12-20-13-17(14-20)21-10-8-19-9-11-21/h1-2,4,7,16-17,19H,3,5-6,8-14H2. The molecule has 2 saturated heterocycles.